The van der Waals surface area contributed by atoms with E-state index in [0.29, 0.717) is 0 Å². The van der Waals surface area contributed by atoms with Crippen LogP contribution in [0.2, 0.25) is 0 Å². The topological polar surface area (TPSA) is 954 Å². The minimum Gasteiger partial charge on any atom is -0.477 e. The van der Waals surface area contributed by atoms with Gasteiger partial charge in [0.2, 0.25) is 23.6 Å². The van der Waals surface area contributed by atoms with E-state index in [1.165, 1.54) is 13.8 Å². The number of nitrogens with one attached hydrogen (secondary N) is 4. The van der Waals surface area contributed by atoms with Gasteiger partial charge in [-0.1, -0.05) is 0 Å². The standard InChI is InChI=1S/C77H128N4O57/c1-17-37(94)49(106)54(111)70(121-17)118-15-32-60(46(103)33(66(115)123-32)78-19(3)88)131-67-34(79-20(4)89)47(104)59(29(13-87)127-67)133-73-57(114)62(45(102)30(129-73)14-119-74-64(52(109)41(98)25(9-83)125-74)136-69-36(81-22(6)91)61(44(101)27(11-85)124-69)134-71-55(112)50(107)38(95)18(2)122-71)135-75-65(53(110)42(99)26(10-84)126-75)137-68-35(80-21(5)90)48(105)58(28(12-86)128-68)132-72-56(113)51(108)43(100)31(130-72)16-120-77(76(116)117)7-23(92)39(96)63(138-77)40(97)24(93)8-82/h17-18,23-75,82-87,92-115H,7-16H2,1-6H3,(H,78,88)(H,79,89)(H,80,90)(H,81,91)(H,116,117)/t17-,18-,23-,24+,25+,26+,27+,28+,29+,30+,31+,32+,33+,34+,35+,36+,37+,38+,39+,40+,41+,42+,43-,44+,45+,46+,47+,48+,49+,50+,51-,52-,53-,54-,55-,56+,57-,58+,59+,60+,61+,62-,63+,64-,65-,66+,67-,68-,69-,70+,71-,72-,73-,74-,75+,77+/m0/s1. The molecule has 0 aliphatic carbocycles. The minimum absolute atomic E-state index is 0.853. The molecule has 0 saturated carbocycles. The summed E-state index contributed by atoms with van der Waals surface area (Å²) < 4.78 is 125. The molecule has 0 radical (unpaired) electrons. The number of rotatable bonds is 36. The lowest BCUT2D eigenvalue weighted by Crippen LogP contribution is -2.71. The minimum atomic E-state index is -3.12. The van der Waals surface area contributed by atoms with Crippen LogP contribution in [0.25, 0.3) is 0 Å². The molecular formula is C77H128N4O57. The number of carboxylic acids is 1. The van der Waals surface area contributed by atoms with Crippen LogP contribution in [0.4, 0.5) is 0 Å². The lowest BCUT2D eigenvalue weighted by atomic mass is 9.90. The van der Waals surface area contributed by atoms with Crippen molar-refractivity contribution in [2.45, 2.75) is 391 Å². The van der Waals surface area contributed by atoms with E-state index in [1.54, 1.807) is 0 Å². The van der Waals surface area contributed by atoms with Crippen LogP contribution in [0, 0.1) is 0 Å². The zero-order chi connectivity index (χ0) is 102. The van der Waals surface area contributed by atoms with Gasteiger partial charge in [-0.3, -0.25) is 19.2 Å². The zero-order valence-electron chi connectivity index (χ0n) is 74.3. The summed E-state index contributed by atoms with van der Waals surface area (Å²) >= 11 is 0. The third-order valence-electron chi connectivity index (χ3n) is 25.5. The smallest absolute Gasteiger partial charge is 0.364 e. The fourth-order valence-corrected chi connectivity index (χ4v) is 17.8. The molecule has 798 valence electrons. The third-order valence-corrected chi connectivity index (χ3v) is 25.5. The molecule has 11 aliphatic heterocycles. The summed E-state index contributed by atoms with van der Waals surface area (Å²) in [6, 6.07) is -7.91. The largest absolute Gasteiger partial charge is 0.477 e. The zero-order valence-corrected chi connectivity index (χ0v) is 74.3. The molecule has 61 heteroatoms. The maximum Gasteiger partial charge on any atom is 0.364 e. The first-order chi connectivity index (χ1) is 65.0. The van der Waals surface area contributed by atoms with Crippen LogP contribution in [-0.4, -0.2) is 590 Å². The molecule has 0 aromatic heterocycles. The number of carbonyl (C=O) groups excluding carboxylic acids is 4. The Morgan fingerprint density at radius 2 is 0.652 bits per heavy atom. The third kappa shape index (κ3) is 24.9. The normalized spacial score (nSPS) is 49.1. The molecule has 138 heavy (non-hydrogen) atoms. The van der Waals surface area contributed by atoms with Gasteiger partial charge in [0.15, 0.2) is 62.9 Å². The molecule has 0 unspecified atom stereocenters. The van der Waals surface area contributed by atoms with E-state index in [0.717, 1.165) is 27.7 Å². The lowest BCUT2D eigenvalue weighted by molar-refractivity contribution is -0.399. The van der Waals surface area contributed by atoms with Gasteiger partial charge in [-0.2, -0.15) is 0 Å². The molecule has 35 N–H and O–H groups in total. The molecule has 11 rings (SSSR count). The average molecular weight is 2020 g/mol. The Kier molecular flexibility index (Phi) is 40.1. The van der Waals surface area contributed by atoms with Crippen molar-refractivity contribution >= 4 is 29.6 Å². The van der Waals surface area contributed by atoms with Crippen molar-refractivity contribution in [2.75, 3.05) is 59.5 Å². The fraction of sp³-hybridized carbons (Fsp3) is 0.935. The first kappa shape index (κ1) is 114. The van der Waals surface area contributed by atoms with Crippen LogP contribution in [0.15, 0.2) is 0 Å². The number of hydrogen-bond acceptors (Lipinski definition) is 56. The van der Waals surface area contributed by atoms with Crippen LogP contribution >= 0.6 is 0 Å². The summed E-state index contributed by atoms with van der Waals surface area (Å²) in [6.07, 6.45) is -111. The predicted molar refractivity (Wildman–Crippen MR) is 423 cm³/mol. The number of carboxylic acid groups (broad SMARTS) is 1. The first-order valence-electron chi connectivity index (χ1n) is 44.0. The second kappa shape index (κ2) is 48.8. The molecule has 4 amide bonds. The summed E-state index contributed by atoms with van der Waals surface area (Å²) in [4.78, 5) is 65.1. The molecule has 11 saturated heterocycles. The monoisotopic (exact) mass is 2020 g/mol. The van der Waals surface area contributed by atoms with Gasteiger partial charge < -0.3 is 279 Å². The number of aliphatic carboxylic acids is 1. The number of aliphatic hydroxyl groups excluding tert-OH is 30. The molecule has 0 aromatic rings. The van der Waals surface area contributed by atoms with Crippen molar-refractivity contribution in [1.82, 2.24) is 21.3 Å². The second-order valence-corrected chi connectivity index (χ2v) is 35.2. The van der Waals surface area contributed by atoms with Crippen molar-refractivity contribution in [3.63, 3.8) is 0 Å². The Morgan fingerprint density at radius 1 is 0.312 bits per heavy atom. The Balaban J connectivity index is 0.914. The Bertz CT molecular complexity index is 3860. The molecule has 56 atom stereocenters. The molecular weight excluding hydrogens is 1890 g/mol. The number of amides is 4. The number of ether oxygens (including phenoxy) is 21. The van der Waals surface area contributed by atoms with Gasteiger partial charge in [0.1, 0.15) is 256 Å². The van der Waals surface area contributed by atoms with Gasteiger partial charge in [0.25, 0.3) is 5.79 Å². The van der Waals surface area contributed by atoms with E-state index in [2.05, 4.69) is 21.3 Å². The average Bonchev–Trinajstić information content (AvgIpc) is 0.761. The number of aliphatic hydroxyl groups is 30. The number of carbonyl (C=O) groups is 5. The predicted octanol–water partition coefficient (Wildman–Crippen LogP) is -23.1. The summed E-state index contributed by atoms with van der Waals surface area (Å²) in [6.45, 7) is -4.56. The molecule has 0 aromatic carbocycles. The van der Waals surface area contributed by atoms with E-state index in [1.807, 2.05) is 0 Å². The highest BCUT2D eigenvalue weighted by atomic mass is 16.8. The second-order valence-electron chi connectivity index (χ2n) is 35.2. The van der Waals surface area contributed by atoms with Crippen LogP contribution in [0.1, 0.15) is 48.0 Å². The van der Waals surface area contributed by atoms with E-state index < -0.39 is 439 Å². The van der Waals surface area contributed by atoms with Crippen LogP contribution < -0.4 is 21.3 Å². The van der Waals surface area contributed by atoms with Crippen LogP contribution in [0.5, 0.6) is 0 Å². The Morgan fingerprint density at radius 3 is 1.14 bits per heavy atom. The van der Waals surface area contributed by atoms with Gasteiger partial charge >= 0.3 is 5.97 Å². The van der Waals surface area contributed by atoms with Gasteiger partial charge in [-0.15, -0.1) is 0 Å². The molecule has 11 heterocycles. The summed E-state index contributed by atoms with van der Waals surface area (Å²) in [5, 5.41) is 357. The van der Waals surface area contributed by atoms with Crippen LogP contribution in [-0.2, 0) is 123 Å². The molecule has 61 nitrogen and oxygen atoms in total. The maximum atomic E-state index is 13.4. The molecule has 11 aliphatic rings. The highest BCUT2D eigenvalue weighted by Crippen LogP contribution is 2.43. The summed E-state index contributed by atoms with van der Waals surface area (Å²) in [5.74, 6) is -9.11. The van der Waals surface area contributed by atoms with Gasteiger partial charge in [0.05, 0.1) is 77.8 Å². The van der Waals surface area contributed by atoms with E-state index >= 15 is 0 Å². The van der Waals surface area contributed by atoms with Crippen molar-refractivity contribution in [3.05, 3.63) is 0 Å². The van der Waals surface area contributed by atoms with Crippen molar-refractivity contribution in [1.29, 1.82) is 0 Å². The van der Waals surface area contributed by atoms with Crippen molar-refractivity contribution in [3.8, 4) is 0 Å². The van der Waals surface area contributed by atoms with Crippen LogP contribution in [0.3, 0.4) is 0 Å². The van der Waals surface area contributed by atoms with Gasteiger partial charge in [-0.05, 0) is 13.8 Å². The maximum absolute atomic E-state index is 13.4. The summed E-state index contributed by atoms with van der Waals surface area (Å²) in [7, 11) is 0. The highest BCUT2D eigenvalue weighted by Gasteiger charge is 2.64. The molecule has 0 spiro atoms. The van der Waals surface area contributed by atoms with E-state index in [4.69, 9.17) is 99.5 Å². The van der Waals surface area contributed by atoms with Gasteiger partial charge in [-0.25, -0.2) is 4.79 Å². The first-order valence-corrected chi connectivity index (χ1v) is 44.0. The van der Waals surface area contributed by atoms with Crippen molar-refractivity contribution < 1.29 is 282 Å². The quantitative estimate of drug-likeness (QED) is 0.0277. The molecule has 0 bridgehead atoms. The molecule has 11 fully saturated rings. The summed E-state index contributed by atoms with van der Waals surface area (Å²) in [5.41, 5.74) is 0. The Labute approximate surface area is 780 Å². The van der Waals surface area contributed by atoms with E-state index in [-0.39, 0.29) is 0 Å². The van der Waals surface area contributed by atoms with Crippen molar-refractivity contribution in [2.24, 2.45) is 0 Å². The lowest BCUT2D eigenvalue weighted by Gasteiger charge is -2.51. The fourth-order valence-electron chi connectivity index (χ4n) is 17.8. The van der Waals surface area contributed by atoms with Gasteiger partial charge in [0, 0.05) is 34.1 Å². The Hall–Kier alpha value is -4.69. The number of hydrogen-bond donors (Lipinski definition) is 35. The highest BCUT2D eigenvalue weighted by molar-refractivity contribution is 5.76. The van der Waals surface area contributed by atoms with E-state index in [9.17, 15) is 182 Å². The SMILES string of the molecule is CC(=O)N[C@@H]1[C@@H](O)[C@H](O[C@@H]2O[C@H](CO)[C@@H](O[C@@H]3O[C@H](CO[C@H]4O[C@H](CO)[C@@H](O)[C@H](O)[C@@H]4O[C@@H]4O[C@H](CO)[C@@H](O)[C@H](O[C@@H]5O[C@@H](C)[C@@H](O)[C@@H](O)[C@@H]5O)[C@H]4NC(C)=O)[C@@H](O)[C@H](O[C@H]4O[C@H](CO)[C@@H](O)[C@H](O)[C@@H]4O[C@@H]4O[C@H](CO)[C@@H](O[C@@H]5O[C@H](CO[C@]6(C(=O)O)C[C@H](O)[C@@H](O)[C@H]([C@H](O)[C@H](O)CO)O6)[C@H](O)[C@H](O)[C@H]5O)[C@H](O)[C@H]4NC(C)=O)[C@@H]3O)[C@H](O)[C@H]2NC(C)=O)[C@@H](CO[C@@H]2O[C@@H](C)[C@@H](O)[C@@H](O)[C@@H]2O)O[C@H]1O.